The van der Waals surface area contributed by atoms with E-state index in [9.17, 15) is 9.59 Å². The van der Waals surface area contributed by atoms with Crippen LogP contribution in [0.4, 0.5) is 11.4 Å². The summed E-state index contributed by atoms with van der Waals surface area (Å²) in [6.07, 6.45) is 2.33. The van der Waals surface area contributed by atoms with Crippen LogP contribution in [0.2, 0.25) is 0 Å². The molecule has 0 spiro atoms. The van der Waals surface area contributed by atoms with Crippen LogP contribution in [-0.2, 0) is 9.59 Å². The molecule has 23 heavy (non-hydrogen) atoms. The van der Waals surface area contributed by atoms with E-state index in [1.165, 1.54) is 30.6 Å². The van der Waals surface area contributed by atoms with Gasteiger partial charge in [-0.15, -0.1) is 0 Å². The van der Waals surface area contributed by atoms with E-state index in [4.69, 9.17) is 10.5 Å². The summed E-state index contributed by atoms with van der Waals surface area (Å²) in [4.78, 5) is 31.2. The Morgan fingerprint density at radius 3 is 1.91 bits per heavy atom. The number of nitrogens with one attached hydrogen (secondary N) is 3. The fourth-order valence-electron chi connectivity index (χ4n) is 1.63. The van der Waals surface area contributed by atoms with E-state index in [0.717, 1.165) is 0 Å². The molecule has 8 nitrogen and oxygen atoms in total. The Kier molecular flexibility index (Phi) is 4.95. The largest absolute Gasteiger partial charge is 0.328 e. The van der Waals surface area contributed by atoms with Crippen LogP contribution in [0.15, 0.2) is 36.7 Å². The summed E-state index contributed by atoms with van der Waals surface area (Å²) in [5.41, 5.74) is 1.39. The van der Waals surface area contributed by atoms with Crippen molar-refractivity contribution in [2.45, 2.75) is 6.42 Å². The smallest absolute Gasteiger partial charge is 0.324 e. The first-order valence-corrected chi connectivity index (χ1v) is 6.45. The second-order valence-corrected chi connectivity index (χ2v) is 4.37. The summed E-state index contributed by atoms with van der Waals surface area (Å²) in [5.74, 6) is -1.01. The van der Waals surface area contributed by atoms with Crippen LogP contribution >= 0.6 is 0 Å². The molecule has 0 radical (unpaired) electrons. The first-order chi connectivity index (χ1) is 11.1. The summed E-state index contributed by atoms with van der Waals surface area (Å²) in [5, 5.41) is 20.6. The van der Waals surface area contributed by atoms with Crippen LogP contribution < -0.4 is 15.9 Å². The minimum absolute atomic E-state index is 0.235. The highest BCUT2D eigenvalue weighted by Crippen LogP contribution is 2.08. The fraction of sp³-hybridized carbons (Fsp3) is 0.0667. The van der Waals surface area contributed by atoms with Gasteiger partial charge in [0.05, 0.1) is 23.8 Å². The van der Waals surface area contributed by atoms with E-state index in [2.05, 4.69) is 26.7 Å². The molecule has 2 heterocycles. The van der Waals surface area contributed by atoms with Crippen LogP contribution in [0.5, 0.6) is 0 Å². The van der Waals surface area contributed by atoms with Crippen molar-refractivity contribution in [3.8, 4) is 12.1 Å². The van der Waals surface area contributed by atoms with Crippen molar-refractivity contribution in [1.29, 1.82) is 5.26 Å². The molecule has 112 valence electrons. The second kappa shape index (κ2) is 7.29. The number of nitrogens with zero attached hydrogens (tertiary/aromatic N) is 3. The number of aromatic nitrogens is 2. The number of carbonyl (C=O) groups is 2. The fourth-order valence-corrected chi connectivity index (χ4v) is 1.63. The first kappa shape index (κ1) is 15.6. The molecule has 3 N–H and O–H groups in total. The molecular formula is C15H11N6O2+. The average molecular weight is 307 g/mol. The molecule has 0 aliphatic heterocycles. The van der Waals surface area contributed by atoms with Crippen LogP contribution in [0, 0.1) is 17.4 Å². The summed E-state index contributed by atoms with van der Waals surface area (Å²) >= 11 is 0. The highest BCUT2D eigenvalue weighted by Gasteiger charge is 2.10. The van der Waals surface area contributed by atoms with Gasteiger partial charge in [-0.05, 0) is 24.3 Å². The van der Waals surface area contributed by atoms with Crippen LogP contribution in [0.3, 0.4) is 0 Å². The zero-order chi connectivity index (χ0) is 16.7. The number of amides is 2. The van der Waals surface area contributed by atoms with Crippen LogP contribution in [0.1, 0.15) is 17.8 Å². The molecule has 0 aromatic carbocycles. The normalized spacial score (nSPS) is 9.30. The number of pyridine rings is 2. The highest BCUT2D eigenvalue weighted by molar-refractivity contribution is 6.07. The molecule has 2 amide bonds. The van der Waals surface area contributed by atoms with Gasteiger partial charge in [-0.1, -0.05) is 5.26 Å². The lowest BCUT2D eigenvalue weighted by Gasteiger charge is -2.06. The summed E-state index contributed by atoms with van der Waals surface area (Å²) < 4.78 is 0. The molecule has 8 heteroatoms. The third-order valence-electron chi connectivity index (χ3n) is 2.66. The van der Waals surface area contributed by atoms with Crippen LogP contribution in [-0.4, -0.2) is 21.8 Å². The topological polar surface area (TPSA) is 132 Å². The van der Waals surface area contributed by atoms with Crippen molar-refractivity contribution in [1.82, 2.24) is 9.97 Å². The van der Waals surface area contributed by atoms with Gasteiger partial charge in [0.15, 0.2) is 5.69 Å². The molecule has 2 aromatic rings. The van der Waals surface area contributed by atoms with Crippen molar-refractivity contribution in [3.63, 3.8) is 0 Å². The van der Waals surface area contributed by atoms with Crippen molar-refractivity contribution < 1.29 is 14.9 Å². The number of anilines is 2. The zero-order valence-electron chi connectivity index (χ0n) is 11.8. The van der Waals surface area contributed by atoms with Crippen molar-refractivity contribution in [2.75, 3.05) is 10.6 Å². The molecule has 2 aromatic heterocycles. The van der Waals surface area contributed by atoms with E-state index in [-0.39, 0.29) is 12.1 Å². The lowest BCUT2D eigenvalue weighted by atomic mass is 10.3. The Labute approximate surface area is 131 Å². The number of nitriles is 1. The van der Waals surface area contributed by atoms with E-state index >= 15 is 0 Å². The Bertz CT molecular complexity index is 730. The maximum atomic E-state index is 11.8. The molecule has 0 saturated carbocycles. The maximum Gasteiger partial charge on any atom is 0.328 e. The molecule has 2 rings (SSSR count). The van der Waals surface area contributed by atoms with Crippen molar-refractivity contribution in [2.24, 2.45) is 0 Å². The van der Waals surface area contributed by atoms with Gasteiger partial charge in [-0.3, -0.25) is 9.59 Å². The molecule has 0 unspecified atom stereocenters. The Morgan fingerprint density at radius 1 is 1.00 bits per heavy atom. The Morgan fingerprint density at radius 2 is 1.52 bits per heavy atom. The van der Waals surface area contributed by atoms with Gasteiger partial charge in [0.2, 0.25) is 11.8 Å². The standard InChI is InChI=1S/C15H10N6O2/c16-6-10-1-3-12(8-18-10)20-14(22)5-15(23)21-13-4-2-11(7-17)19-9-13/h1-4,8-9H,5H2,(H,20,22)(H,21,23)/p+1. The third-order valence-corrected chi connectivity index (χ3v) is 2.66. The van der Waals surface area contributed by atoms with Gasteiger partial charge in [0, 0.05) is 0 Å². The number of rotatable bonds is 4. The Hall–Kier alpha value is -3.78. The maximum absolute atomic E-state index is 11.8. The SMILES string of the molecule is N#Cc1ccc(NC(=O)CC(=O)Nc2ccc(C#[NH+])nc2)cn1. The molecule has 0 bridgehead atoms. The van der Waals surface area contributed by atoms with Crippen LogP contribution in [0.25, 0.3) is 0 Å². The molecule has 0 fully saturated rings. The minimum Gasteiger partial charge on any atom is -0.324 e. The van der Waals surface area contributed by atoms with Gasteiger partial charge in [-0.25, -0.2) is 9.97 Å². The molecule has 0 saturated heterocycles. The zero-order valence-corrected chi connectivity index (χ0v) is 11.8. The molecule has 0 aliphatic carbocycles. The van der Waals surface area contributed by atoms with Crippen molar-refractivity contribution >= 4 is 23.2 Å². The number of hydrogen-bond acceptors (Lipinski definition) is 5. The molecule has 0 atom stereocenters. The Balaban J connectivity index is 1.87. The first-order valence-electron chi connectivity index (χ1n) is 6.45. The van der Waals surface area contributed by atoms with Gasteiger partial charge >= 0.3 is 6.07 Å². The van der Waals surface area contributed by atoms with Gasteiger partial charge in [0.25, 0.3) is 0 Å². The van der Waals surface area contributed by atoms with Crippen molar-refractivity contribution in [3.05, 3.63) is 48.0 Å². The summed E-state index contributed by atoms with van der Waals surface area (Å²) in [7, 11) is 0. The van der Waals surface area contributed by atoms with E-state index in [1.807, 2.05) is 6.07 Å². The average Bonchev–Trinajstić information content (AvgIpc) is 2.56. The molecular weight excluding hydrogens is 296 g/mol. The minimum atomic E-state index is -0.508. The van der Waals surface area contributed by atoms with Gasteiger partial charge in [0.1, 0.15) is 18.2 Å². The third kappa shape index (κ3) is 4.62. The predicted molar refractivity (Wildman–Crippen MR) is 79.0 cm³/mol. The lowest BCUT2D eigenvalue weighted by molar-refractivity contribution is -0.123. The van der Waals surface area contributed by atoms with E-state index in [0.29, 0.717) is 17.1 Å². The monoisotopic (exact) mass is 307 g/mol. The van der Waals surface area contributed by atoms with E-state index < -0.39 is 11.8 Å². The lowest BCUT2D eigenvalue weighted by Crippen LogP contribution is -2.21. The number of carbonyl (C=O) groups excluding carboxylic acids is 2. The van der Waals surface area contributed by atoms with E-state index in [1.54, 1.807) is 6.07 Å². The molecule has 0 aliphatic rings. The number of hydrogen-bond donors (Lipinski definition) is 3. The second-order valence-electron chi connectivity index (χ2n) is 4.37. The highest BCUT2D eigenvalue weighted by atomic mass is 16.2. The predicted octanol–water partition coefficient (Wildman–Crippen LogP) is -0.564. The van der Waals surface area contributed by atoms with Gasteiger partial charge in [-0.2, -0.15) is 5.26 Å². The quantitative estimate of drug-likeness (QED) is 0.651. The van der Waals surface area contributed by atoms with Gasteiger partial charge < -0.3 is 10.6 Å². The summed E-state index contributed by atoms with van der Waals surface area (Å²) in [6, 6.07) is 10.0. The summed E-state index contributed by atoms with van der Waals surface area (Å²) in [6.45, 7) is 0.